The molecule has 1 aromatic heterocycles. The Kier molecular flexibility index (Phi) is 3.81. The zero-order valence-electron chi connectivity index (χ0n) is 10.5. The van der Waals surface area contributed by atoms with Crippen LogP contribution >= 0.6 is 0 Å². The minimum absolute atomic E-state index is 0.00248. The predicted molar refractivity (Wildman–Crippen MR) is 67.4 cm³/mol. The smallest absolute Gasteiger partial charge is 0.255 e. The SMILES string of the molecule is Cn1cc(C(=O)N2CCCCC2CO)ccc1=O. The van der Waals surface area contributed by atoms with Gasteiger partial charge in [0.2, 0.25) is 5.56 Å². The normalized spacial score (nSPS) is 19.9. The van der Waals surface area contributed by atoms with Crippen LogP contribution in [0.1, 0.15) is 29.6 Å². The second-order valence-corrected chi connectivity index (χ2v) is 4.70. The Bertz CT molecular complexity index is 495. The first-order valence-corrected chi connectivity index (χ1v) is 6.22. The Hall–Kier alpha value is -1.62. The first kappa shape index (κ1) is 12.8. The van der Waals surface area contributed by atoms with Crippen LogP contribution in [-0.2, 0) is 7.05 Å². The third kappa shape index (κ3) is 2.46. The number of rotatable bonds is 2. The molecule has 1 amide bonds. The molecule has 0 radical (unpaired) electrons. The van der Waals surface area contributed by atoms with Crippen LogP contribution in [0.2, 0.25) is 0 Å². The molecule has 0 spiro atoms. The number of hydrogen-bond acceptors (Lipinski definition) is 3. The fraction of sp³-hybridized carbons (Fsp3) is 0.538. The maximum Gasteiger partial charge on any atom is 0.255 e. The lowest BCUT2D eigenvalue weighted by Crippen LogP contribution is -2.45. The van der Waals surface area contributed by atoms with Crippen LogP contribution in [0.5, 0.6) is 0 Å². The minimum Gasteiger partial charge on any atom is -0.394 e. The number of aliphatic hydroxyl groups excluding tert-OH is 1. The molecule has 1 atom stereocenters. The van der Waals surface area contributed by atoms with Gasteiger partial charge in [-0.1, -0.05) is 0 Å². The molecule has 98 valence electrons. The van der Waals surface area contributed by atoms with Crippen molar-refractivity contribution < 1.29 is 9.90 Å². The van der Waals surface area contributed by atoms with E-state index in [1.165, 1.54) is 10.6 Å². The van der Waals surface area contributed by atoms with Gasteiger partial charge in [-0.3, -0.25) is 9.59 Å². The van der Waals surface area contributed by atoms with E-state index in [2.05, 4.69) is 0 Å². The summed E-state index contributed by atoms with van der Waals surface area (Å²) in [4.78, 5) is 25.3. The van der Waals surface area contributed by atoms with Gasteiger partial charge in [0.25, 0.3) is 5.91 Å². The molecule has 2 heterocycles. The van der Waals surface area contributed by atoms with Gasteiger partial charge in [-0.15, -0.1) is 0 Å². The van der Waals surface area contributed by atoms with Crippen molar-refractivity contribution in [2.75, 3.05) is 13.2 Å². The number of hydrogen-bond donors (Lipinski definition) is 1. The zero-order chi connectivity index (χ0) is 13.1. The van der Waals surface area contributed by atoms with Crippen LogP contribution in [0.15, 0.2) is 23.1 Å². The van der Waals surface area contributed by atoms with Gasteiger partial charge in [0.15, 0.2) is 0 Å². The number of nitrogens with zero attached hydrogens (tertiary/aromatic N) is 2. The Morgan fingerprint density at radius 2 is 2.22 bits per heavy atom. The summed E-state index contributed by atoms with van der Waals surface area (Å²) < 4.78 is 1.39. The van der Waals surface area contributed by atoms with E-state index in [1.807, 2.05) is 0 Å². The molecule has 1 aliphatic rings. The van der Waals surface area contributed by atoms with Gasteiger partial charge >= 0.3 is 0 Å². The van der Waals surface area contributed by atoms with E-state index in [1.54, 1.807) is 24.2 Å². The first-order valence-electron chi connectivity index (χ1n) is 6.22. The van der Waals surface area contributed by atoms with Crippen molar-refractivity contribution >= 4 is 5.91 Å². The number of aliphatic hydroxyl groups is 1. The molecule has 1 saturated heterocycles. The Morgan fingerprint density at radius 1 is 1.44 bits per heavy atom. The lowest BCUT2D eigenvalue weighted by atomic mass is 10.0. The van der Waals surface area contributed by atoms with Crippen molar-refractivity contribution in [3.8, 4) is 0 Å². The molecule has 5 heteroatoms. The van der Waals surface area contributed by atoms with Crippen LogP contribution in [-0.4, -0.2) is 39.7 Å². The number of aromatic nitrogens is 1. The number of carbonyl (C=O) groups is 1. The van der Waals surface area contributed by atoms with Crippen LogP contribution in [0.3, 0.4) is 0 Å². The summed E-state index contributed by atoms with van der Waals surface area (Å²) in [5, 5.41) is 9.31. The van der Waals surface area contributed by atoms with Crippen molar-refractivity contribution in [3.05, 3.63) is 34.2 Å². The molecule has 1 fully saturated rings. The fourth-order valence-electron chi connectivity index (χ4n) is 2.34. The van der Waals surface area contributed by atoms with E-state index in [-0.39, 0.29) is 24.1 Å². The second kappa shape index (κ2) is 5.35. The maximum atomic E-state index is 12.3. The largest absolute Gasteiger partial charge is 0.394 e. The molecular weight excluding hydrogens is 232 g/mol. The number of carbonyl (C=O) groups excluding carboxylic acids is 1. The van der Waals surface area contributed by atoms with Crippen molar-refractivity contribution in [2.45, 2.75) is 25.3 Å². The van der Waals surface area contributed by atoms with E-state index in [9.17, 15) is 14.7 Å². The van der Waals surface area contributed by atoms with Gasteiger partial charge in [-0.2, -0.15) is 0 Å². The summed E-state index contributed by atoms with van der Waals surface area (Å²) in [5.41, 5.74) is 0.362. The molecule has 1 unspecified atom stereocenters. The Labute approximate surface area is 106 Å². The van der Waals surface area contributed by atoms with Crippen molar-refractivity contribution in [2.24, 2.45) is 7.05 Å². The number of pyridine rings is 1. The maximum absolute atomic E-state index is 12.3. The highest BCUT2D eigenvalue weighted by Crippen LogP contribution is 2.18. The molecule has 0 bridgehead atoms. The second-order valence-electron chi connectivity index (χ2n) is 4.70. The van der Waals surface area contributed by atoms with Crippen LogP contribution in [0.4, 0.5) is 0 Å². The van der Waals surface area contributed by atoms with Crippen molar-refractivity contribution in [1.82, 2.24) is 9.47 Å². The number of aryl methyl sites for hydroxylation is 1. The molecule has 0 aliphatic carbocycles. The van der Waals surface area contributed by atoms with Gasteiger partial charge in [0.1, 0.15) is 0 Å². The van der Waals surface area contributed by atoms with Gasteiger partial charge < -0.3 is 14.6 Å². The van der Waals surface area contributed by atoms with Crippen molar-refractivity contribution in [3.63, 3.8) is 0 Å². The third-order valence-corrected chi connectivity index (χ3v) is 3.43. The fourth-order valence-corrected chi connectivity index (χ4v) is 2.34. The van der Waals surface area contributed by atoms with E-state index < -0.39 is 0 Å². The molecule has 0 aromatic carbocycles. The lowest BCUT2D eigenvalue weighted by molar-refractivity contribution is 0.0502. The summed E-state index contributed by atoms with van der Waals surface area (Å²) in [6.45, 7) is 0.671. The predicted octanol–water partition coefficient (Wildman–Crippen LogP) is 0.372. The van der Waals surface area contributed by atoms with Gasteiger partial charge in [0.05, 0.1) is 18.2 Å². The Balaban J connectivity index is 2.23. The highest BCUT2D eigenvalue weighted by molar-refractivity contribution is 5.94. The monoisotopic (exact) mass is 250 g/mol. The quantitative estimate of drug-likeness (QED) is 0.825. The summed E-state index contributed by atoms with van der Waals surface area (Å²) in [6, 6.07) is 2.85. The van der Waals surface area contributed by atoms with Gasteiger partial charge in [-0.05, 0) is 25.3 Å². The Morgan fingerprint density at radius 3 is 2.89 bits per heavy atom. The molecule has 0 saturated carbocycles. The summed E-state index contributed by atoms with van der Waals surface area (Å²) >= 11 is 0. The van der Waals surface area contributed by atoms with E-state index >= 15 is 0 Å². The number of likely N-dealkylation sites (tertiary alicyclic amines) is 1. The average Bonchev–Trinajstić information content (AvgIpc) is 2.41. The summed E-state index contributed by atoms with van der Waals surface area (Å²) in [6.07, 6.45) is 4.40. The van der Waals surface area contributed by atoms with Crippen LogP contribution < -0.4 is 5.56 Å². The van der Waals surface area contributed by atoms with Crippen LogP contribution in [0, 0.1) is 0 Å². The van der Waals surface area contributed by atoms with Crippen LogP contribution in [0.25, 0.3) is 0 Å². The van der Waals surface area contributed by atoms with Gasteiger partial charge in [0, 0.05) is 25.9 Å². The highest BCUT2D eigenvalue weighted by atomic mass is 16.3. The van der Waals surface area contributed by atoms with E-state index in [0.29, 0.717) is 12.1 Å². The lowest BCUT2D eigenvalue weighted by Gasteiger charge is -2.34. The number of piperidine rings is 1. The summed E-state index contributed by atoms with van der Waals surface area (Å²) in [7, 11) is 1.62. The minimum atomic E-state index is -0.135. The summed E-state index contributed by atoms with van der Waals surface area (Å²) in [5.74, 6) is -0.107. The molecule has 1 N–H and O–H groups in total. The topological polar surface area (TPSA) is 62.5 Å². The molecular formula is C13H18N2O3. The highest BCUT2D eigenvalue weighted by Gasteiger charge is 2.26. The number of amides is 1. The molecule has 2 rings (SSSR count). The standard InChI is InChI=1S/C13H18N2O3/c1-14-8-10(5-6-12(14)17)13(18)15-7-3-2-4-11(15)9-16/h5-6,8,11,16H,2-4,7,9H2,1H3. The molecule has 5 nitrogen and oxygen atoms in total. The van der Waals surface area contributed by atoms with E-state index in [4.69, 9.17) is 0 Å². The first-order chi connectivity index (χ1) is 8.63. The van der Waals surface area contributed by atoms with Gasteiger partial charge in [-0.25, -0.2) is 0 Å². The average molecular weight is 250 g/mol. The molecule has 1 aromatic rings. The third-order valence-electron chi connectivity index (χ3n) is 3.43. The van der Waals surface area contributed by atoms with E-state index in [0.717, 1.165) is 19.3 Å². The molecule has 1 aliphatic heterocycles. The molecule has 18 heavy (non-hydrogen) atoms. The zero-order valence-corrected chi connectivity index (χ0v) is 10.5. The van der Waals surface area contributed by atoms with Crippen molar-refractivity contribution in [1.29, 1.82) is 0 Å².